The number of alkyl carbamates (subject to hydrolysis) is 1. The molecule has 4 rings (SSSR count). The molecule has 1 unspecified atom stereocenters. The molecule has 0 spiro atoms. The Balaban J connectivity index is 1.43. The molecule has 1 aliphatic rings. The van der Waals surface area contributed by atoms with E-state index in [0.29, 0.717) is 12.8 Å². The van der Waals surface area contributed by atoms with Crippen LogP contribution in [-0.4, -0.2) is 39.6 Å². The molecule has 0 saturated heterocycles. The number of hydrogen-bond donors (Lipinski definition) is 2. The molecule has 0 saturated carbocycles. The van der Waals surface area contributed by atoms with Crippen LogP contribution < -0.4 is 5.32 Å². The molecule has 0 radical (unpaired) electrons. The molecular formula is C25H27N3O4. The van der Waals surface area contributed by atoms with Crippen LogP contribution >= 0.6 is 0 Å². The first-order valence-corrected chi connectivity index (χ1v) is 10.7. The van der Waals surface area contributed by atoms with Crippen LogP contribution in [0.3, 0.4) is 0 Å². The van der Waals surface area contributed by atoms with Crippen LogP contribution in [0.4, 0.5) is 4.79 Å². The van der Waals surface area contributed by atoms with Crippen LogP contribution in [0.5, 0.6) is 0 Å². The van der Waals surface area contributed by atoms with Crippen LogP contribution in [0.15, 0.2) is 54.7 Å². The number of benzene rings is 2. The van der Waals surface area contributed by atoms with Crippen molar-refractivity contribution >= 4 is 12.1 Å². The lowest BCUT2D eigenvalue weighted by Gasteiger charge is -2.19. The molecule has 1 aliphatic carbocycles. The molecule has 1 amide bonds. The summed E-state index contributed by atoms with van der Waals surface area (Å²) in [7, 11) is 1.84. The number of nitrogens with one attached hydrogen (secondary N) is 1. The largest absolute Gasteiger partial charge is 0.481 e. The molecule has 2 N–H and O–H groups in total. The zero-order valence-electron chi connectivity index (χ0n) is 18.2. The van der Waals surface area contributed by atoms with Gasteiger partial charge in [0.15, 0.2) is 0 Å². The van der Waals surface area contributed by atoms with E-state index >= 15 is 0 Å². The first kappa shape index (κ1) is 21.6. The Hall–Kier alpha value is -3.61. The molecule has 7 nitrogen and oxygen atoms in total. The van der Waals surface area contributed by atoms with Crippen molar-refractivity contribution < 1.29 is 19.4 Å². The van der Waals surface area contributed by atoms with Crippen molar-refractivity contribution in [1.29, 1.82) is 0 Å². The number of carbonyl (C=O) groups is 2. The first-order chi connectivity index (χ1) is 15.4. The smallest absolute Gasteiger partial charge is 0.407 e. The summed E-state index contributed by atoms with van der Waals surface area (Å²) in [4.78, 5) is 23.7. The van der Waals surface area contributed by atoms with Gasteiger partial charge in [-0.25, -0.2) is 4.79 Å². The standard InChI is InChI=1S/C25H27N3O4/c1-16-17(14-28(2)27-16)13-18(11-12-24(29)30)26-25(31)32-15-23-21-9-5-3-7-19(21)20-8-4-6-10-22(20)23/h3-10,14,18,23H,11-13,15H2,1-2H3,(H,26,31)(H,29,30). The van der Waals surface area contributed by atoms with Gasteiger partial charge in [-0.1, -0.05) is 48.5 Å². The van der Waals surface area contributed by atoms with Gasteiger partial charge >= 0.3 is 12.1 Å². The Morgan fingerprint density at radius 1 is 1.12 bits per heavy atom. The summed E-state index contributed by atoms with van der Waals surface area (Å²) in [5, 5.41) is 16.3. The molecule has 1 aromatic heterocycles. The molecule has 1 heterocycles. The minimum absolute atomic E-state index is 0.0220. The van der Waals surface area contributed by atoms with E-state index in [4.69, 9.17) is 9.84 Å². The summed E-state index contributed by atoms with van der Waals surface area (Å²) >= 11 is 0. The normalized spacial score (nSPS) is 13.3. The third-order valence-electron chi connectivity index (χ3n) is 5.95. The highest BCUT2D eigenvalue weighted by Gasteiger charge is 2.29. The predicted octanol–water partition coefficient (Wildman–Crippen LogP) is 4.04. The van der Waals surface area contributed by atoms with Gasteiger partial charge in [0.25, 0.3) is 0 Å². The fourth-order valence-corrected chi connectivity index (χ4v) is 4.44. The lowest BCUT2D eigenvalue weighted by Crippen LogP contribution is -2.38. The minimum atomic E-state index is -0.896. The third kappa shape index (κ3) is 4.66. The van der Waals surface area contributed by atoms with Crippen LogP contribution in [0, 0.1) is 6.92 Å². The minimum Gasteiger partial charge on any atom is -0.481 e. The molecule has 0 bridgehead atoms. The van der Waals surface area contributed by atoms with Crippen molar-refractivity contribution in [1.82, 2.24) is 15.1 Å². The number of ether oxygens (including phenoxy) is 1. The number of rotatable bonds is 8. The molecule has 0 fully saturated rings. The molecule has 1 atom stereocenters. The predicted molar refractivity (Wildman–Crippen MR) is 121 cm³/mol. The van der Waals surface area contributed by atoms with Crippen molar-refractivity contribution in [3.05, 3.63) is 77.1 Å². The van der Waals surface area contributed by atoms with Gasteiger partial charge in [0.2, 0.25) is 0 Å². The van der Waals surface area contributed by atoms with Gasteiger partial charge in [-0.05, 0) is 47.6 Å². The number of fused-ring (bicyclic) bond motifs is 3. The summed E-state index contributed by atoms with van der Waals surface area (Å²) in [5.74, 6) is -0.918. The van der Waals surface area contributed by atoms with Gasteiger partial charge in [0.1, 0.15) is 6.61 Å². The third-order valence-corrected chi connectivity index (χ3v) is 5.95. The van der Waals surface area contributed by atoms with Gasteiger partial charge in [-0.3, -0.25) is 9.48 Å². The van der Waals surface area contributed by atoms with E-state index in [2.05, 4.69) is 34.7 Å². The quantitative estimate of drug-likeness (QED) is 0.559. The van der Waals surface area contributed by atoms with E-state index in [1.807, 2.05) is 44.4 Å². The van der Waals surface area contributed by atoms with E-state index in [9.17, 15) is 9.59 Å². The fraction of sp³-hybridized carbons (Fsp3) is 0.320. The molecule has 2 aromatic carbocycles. The monoisotopic (exact) mass is 433 g/mol. The summed E-state index contributed by atoms with van der Waals surface area (Å²) in [6, 6.07) is 16.0. The molecule has 166 valence electrons. The highest BCUT2D eigenvalue weighted by molar-refractivity contribution is 5.79. The molecule has 32 heavy (non-hydrogen) atoms. The second-order valence-corrected chi connectivity index (χ2v) is 8.22. The second kappa shape index (κ2) is 9.26. The summed E-state index contributed by atoms with van der Waals surface area (Å²) < 4.78 is 7.35. The maximum absolute atomic E-state index is 12.7. The van der Waals surface area contributed by atoms with Crippen molar-refractivity contribution in [2.24, 2.45) is 7.05 Å². The van der Waals surface area contributed by atoms with E-state index in [-0.39, 0.29) is 25.0 Å². The van der Waals surface area contributed by atoms with Gasteiger partial charge in [0, 0.05) is 31.6 Å². The molecule has 7 heteroatoms. The zero-order chi connectivity index (χ0) is 22.7. The number of aryl methyl sites for hydroxylation is 2. The lowest BCUT2D eigenvalue weighted by molar-refractivity contribution is -0.137. The Morgan fingerprint density at radius 2 is 1.75 bits per heavy atom. The summed E-state index contributed by atoms with van der Waals surface area (Å²) in [6.07, 6.45) is 2.13. The lowest BCUT2D eigenvalue weighted by atomic mass is 9.98. The van der Waals surface area contributed by atoms with E-state index < -0.39 is 12.1 Å². The van der Waals surface area contributed by atoms with Gasteiger partial charge in [0.05, 0.1) is 5.69 Å². The zero-order valence-corrected chi connectivity index (χ0v) is 18.2. The molecular weight excluding hydrogens is 406 g/mol. The number of aliphatic carboxylic acids is 1. The summed E-state index contributed by atoms with van der Waals surface area (Å²) in [6.45, 7) is 2.12. The molecule has 3 aromatic rings. The Morgan fingerprint density at radius 3 is 2.31 bits per heavy atom. The Kier molecular flexibility index (Phi) is 6.25. The maximum Gasteiger partial charge on any atom is 0.407 e. The average molecular weight is 434 g/mol. The van der Waals surface area contributed by atoms with E-state index in [0.717, 1.165) is 22.4 Å². The van der Waals surface area contributed by atoms with Gasteiger partial charge in [-0.2, -0.15) is 5.10 Å². The van der Waals surface area contributed by atoms with E-state index in [1.54, 1.807) is 4.68 Å². The summed E-state index contributed by atoms with van der Waals surface area (Å²) in [5.41, 5.74) is 6.47. The number of carboxylic acids is 1. The van der Waals surface area contributed by atoms with E-state index in [1.165, 1.54) is 11.1 Å². The van der Waals surface area contributed by atoms with Crippen LogP contribution in [0.25, 0.3) is 11.1 Å². The van der Waals surface area contributed by atoms with Crippen molar-refractivity contribution in [3.63, 3.8) is 0 Å². The molecule has 0 aliphatic heterocycles. The van der Waals surface area contributed by atoms with Gasteiger partial charge < -0.3 is 15.2 Å². The first-order valence-electron chi connectivity index (χ1n) is 10.7. The Labute approximate surface area is 187 Å². The van der Waals surface area contributed by atoms with Crippen LogP contribution in [-0.2, 0) is 23.0 Å². The fourth-order valence-electron chi connectivity index (χ4n) is 4.44. The SMILES string of the molecule is Cc1nn(C)cc1CC(CCC(=O)O)NC(=O)OCC1c2ccccc2-c2ccccc21. The van der Waals surface area contributed by atoms with Gasteiger partial charge in [-0.15, -0.1) is 0 Å². The second-order valence-electron chi connectivity index (χ2n) is 8.22. The maximum atomic E-state index is 12.7. The van der Waals surface area contributed by atoms with Crippen molar-refractivity contribution in [3.8, 4) is 11.1 Å². The van der Waals surface area contributed by atoms with Crippen molar-refractivity contribution in [2.45, 2.75) is 38.1 Å². The topological polar surface area (TPSA) is 93.5 Å². The number of carboxylic acid groups (broad SMARTS) is 1. The van der Waals surface area contributed by atoms with Crippen LogP contribution in [0.1, 0.15) is 41.1 Å². The number of aromatic nitrogens is 2. The highest BCUT2D eigenvalue weighted by atomic mass is 16.5. The van der Waals surface area contributed by atoms with Crippen LogP contribution in [0.2, 0.25) is 0 Å². The number of amides is 1. The average Bonchev–Trinajstić information content (AvgIpc) is 3.26. The number of hydrogen-bond acceptors (Lipinski definition) is 4. The highest BCUT2D eigenvalue weighted by Crippen LogP contribution is 2.44. The Bertz CT molecular complexity index is 1090. The number of nitrogens with zero attached hydrogens (tertiary/aromatic N) is 2. The van der Waals surface area contributed by atoms with Crippen molar-refractivity contribution in [2.75, 3.05) is 6.61 Å². The number of carbonyl (C=O) groups excluding carboxylic acids is 1.